The first-order valence-corrected chi connectivity index (χ1v) is 12.3. The molecule has 0 amide bonds. The van der Waals surface area contributed by atoms with Crippen LogP contribution in [0.2, 0.25) is 0 Å². The molecule has 1 heteroatoms. The van der Waals surface area contributed by atoms with Crippen molar-refractivity contribution < 1.29 is 4.74 Å². The standard InChI is InChI=1S/C30H38O/c1-3-5-9-25-12-14-26(15-13-25)10-7-8-11-27-16-18-28(19-17-27)29-20-22-30(23-21-29)31-24-6-4-2/h8,11-15,20-23,27-28H,3-6,9,16-19,24H2,1-2H3/b11-8+/t27-,28-. The summed E-state index contributed by atoms with van der Waals surface area (Å²) in [4.78, 5) is 0. The molecule has 0 spiro atoms. The van der Waals surface area contributed by atoms with Gasteiger partial charge in [-0.25, -0.2) is 0 Å². The minimum atomic E-state index is 0.665. The molecule has 0 heterocycles. The van der Waals surface area contributed by atoms with Crippen LogP contribution in [0.5, 0.6) is 5.75 Å². The molecule has 2 aromatic rings. The Morgan fingerprint density at radius 1 is 0.871 bits per heavy atom. The molecule has 2 aromatic carbocycles. The van der Waals surface area contributed by atoms with Crippen LogP contribution in [0.25, 0.3) is 0 Å². The van der Waals surface area contributed by atoms with Gasteiger partial charge in [-0.05, 0) is 98.2 Å². The van der Waals surface area contributed by atoms with E-state index in [-0.39, 0.29) is 0 Å². The third kappa shape index (κ3) is 7.95. The Bertz CT molecular complexity index is 840. The lowest BCUT2D eigenvalue weighted by atomic mass is 9.78. The molecule has 1 saturated carbocycles. The number of unbranched alkanes of at least 4 members (excludes halogenated alkanes) is 2. The first-order chi connectivity index (χ1) is 15.3. The summed E-state index contributed by atoms with van der Waals surface area (Å²) in [6.45, 7) is 5.25. The Balaban J connectivity index is 1.42. The number of benzene rings is 2. The van der Waals surface area contributed by atoms with E-state index in [4.69, 9.17) is 4.74 Å². The SMILES string of the molecule is CCCCOc1ccc([C@H]2CC[C@H](/C=C/C#Cc3ccc(CCCC)cc3)CC2)cc1. The molecule has 1 aliphatic rings. The van der Waals surface area contributed by atoms with Crippen LogP contribution < -0.4 is 4.74 Å². The van der Waals surface area contributed by atoms with Crippen molar-refractivity contribution >= 4 is 0 Å². The highest BCUT2D eigenvalue weighted by atomic mass is 16.5. The van der Waals surface area contributed by atoms with E-state index in [0.29, 0.717) is 11.8 Å². The van der Waals surface area contributed by atoms with Crippen molar-refractivity contribution in [1.82, 2.24) is 0 Å². The molecule has 3 rings (SSSR count). The molecule has 0 radical (unpaired) electrons. The molecule has 0 bridgehead atoms. The molecule has 0 atom stereocenters. The lowest BCUT2D eigenvalue weighted by Crippen LogP contribution is -2.11. The van der Waals surface area contributed by atoms with Crippen LogP contribution in [0, 0.1) is 17.8 Å². The molecule has 0 aliphatic heterocycles. The van der Waals surface area contributed by atoms with Gasteiger partial charge in [0.15, 0.2) is 0 Å². The summed E-state index contributed by atoms with van der Waals surface area (Å²) >= 11 is 0. The van der Waals surface area contributed by atoms with E-state index < -0.39 is 0 Å². The predicted molar refractivity (Wildman–Crippen MR) is 133 cm³/mol. The van der Waals surface area contributed by atoms with Gasteiger partial charge in [-0.1, -0.05) is 68.9 Å². The van der Waals surface area contributed by atoms with Gasteiger partial charge < -0.3 is 4.74 Å². The first kappa shape index (κ1) is 23.2. The number of hydrogen-bond acceptors (Lipinski definition) is 1. The summed E-state index contributed by atoms with van der Waals surface area (Å²) in [7, 11) is 0. The highest BCUT2D eigenvalue weighted by Gasteiger charge is 2.20. The molecule has 0 saturated heterocycles. The molecule has 0 aromatic heterocycles. The third-order valence-electron chi connectivity index (χ3n) is 6.33. The quantitative estimate of drug-likeness (QED) is 0.297. The van der Waals surface area contributed by atoms with E-state index in [9.17, 15) is 0 Å². The molecule has 0 N–H and O–H groups in total. The van der Waals surface area contributed by atoms with Gasteiger partial charge in [0.2, 0.25) is 0 Å². The van der Waals surface area contributed by atoms with E-state index in [1.54, 1.807) is 0 Å². The van der Waals surface area contributed by atoms with Crippen LogP contribution in [0.4, 0.5) is 0 Å². The summed E-state index contributed by atoms with van der Waals surface area (Å²) in [5.74, 6) is 8.87. The zero-order chi connectivity index (χ0) is 21.7. The fraction of sp³-hybridized carbons (Fsp3) is 0.467. The van der Waals surface area contributed by atoms with E-state index >= 15 is 0 Å². The predicted octanol–water partition coefficient (Wildman–Crippen LogP) is 8.09. The fourth-order valence-electron chi connectivity index (χ4n) is 4.26. The summed E-state index contributed by atoms with van der Waals surface area (Å²) in [6, 6.07) is 17.5. The van der Waals surface area contributed by atoms with E-state index in [0.717, 1.165) is 24.3 Å². The van der Waals surface area contributed by atoms with Gasteiger partial charge in [-0.3, -0.25) is 0 Å². The summed E-state index contributed by atoms with van der Waals surface area (Å²) in [5, 5.41) is 0. The fourth-order valence-corrected chi connectivity index (χ4v) is 4.26. The van der Waals surface area contributed by atoms with E-state index in [1.807, 2.05) is 0 Å². The Morgan fingerprint density at radius 2 is 1.58 bits per heavy atom. The van der Waals surface area contributed by atoms with Gasteiger partial charge in [0.25, 0.3) is 0 Å². The minimum absolute atomic E-state index is 0.665. The van der Waals surface area contributed by atoms with Crippen molar-refractivity contribution in [1.29, 1.82) is 0 Å². The second kappa shape index (κ2) is 13.1. The van der Waals surface area contributed by atoms with Crippen molar-refractivity contribution in [3.8, 4) is 17.6 Å². The van der Waals surface area contributed by atoms with Gasteiger partial charge in [-0.15, -0.1) is 0 Å². The molecular formula is C30H38O. The van der Waals surface area contributed by atoms with Gasteiger partial charge in [0.05, 0.1) is 6.61 Å². The molecule has 164 valence electrons. The summed E-state index contributed by atoms with van der Waals surface area (Å²) < 4.78 is 5.79. The van der Waals surface area contributed by atoms with Crippen LogP contribution >= 0.6 is 0 Å². The van der Waals surface area contributed by atoms with Crippen molar-refractivity contribution in [3.05, 3.63) is 77.4 Å². The number of rotatable bonds is 9. The van der Waals surface area contributed by atoms with Gasteiger partial charge >= 0.3 is 0 Å². The smallest absolute Gasteiger partial charge is 0.119 e. The van der Waals surface area contributed by atoms with Crippen LogP contribution in [-0.4, -0.2) is 6.61 Å². The second-order valence-electron chi connectivity index (χ2n) is 8.81. The van der Waals surface area contributed by atoms with E-state index in [1.165, 1.54) is 62.5 Å². The van der Waals surface area contributed by atoms with Gasteiger partial charge in [0.1, 0.15) is 5.75 Å². The molecular weight excluding hydrogens is 376 g/mol. The van der Waals surface area contributed by atoms with Crippen LogP contribution in [0.15, 0.2) is 60.7 Å². The average Bonchev–Trinajstić information content (AvgIpc) is 2.82. The summed E-state index contributed by atoms with van der Waals surface area (Å²) in [5.41, 5.74) is 3.99. The van der Waals surface area contributed by atoms with Crippen molar-refractivity contribution in [2.24, 2.45) is 5.92 Å². The topological polar surface area (TPSA) is 9.23 Å². The highest BCUT2D eigenvalue weighted by Crippen LogP contribution is 2.36. The molecule has 31 heavy (non-hydrogen) atoms. The van der Waals surface area contributed by atoms with Crippen molar-refractivity contribution in [2.45, 2.75) is 77.6 Å². The molecule has 1 aliphatic carbocycles. The van der Waals surface area contributed by atoms with Gasteiger partial charge in [-0.2, -0.15) is 0 Å². The third-order valence-corrected chi connectivity index (χ3v) is 6.33. The lowest BCUT2D eigenvalue weighted by Gasteiger charge is -2.27. The number of aryl methyl sites for hydroxylation is 1. The Morgan fingerprint density at radius 3 is 2.26 bits per heavy atom. The Hall–Kier alpha value is -2.46. The highest BCUT2D eigenvalue weighted by molar-refractivity contribution is 5.38. The zero-order valence-corrected chi connectivity index (χ0v) is 19.4. The largest absolute Gasteiger partial charge is 0.494 e. The molecule has 1 nitrogen and oxygen atoms in total. The second-order valence-corrected chi connectivity index (χ2v) is 8.81. The number of ether oxygens (including phenoxy) is 1. The monoisotopic (exact) mass is 414 g/mol. The average molecular weight is 415 g/mol. The van der Waals surface area contributed by atoms with Crippen LogP contribution in [0.3, 0.4) is 0 Å². The minimum Gasteiger partial charge on any atom is -0.494 e. The van der Waals surface area contributed by atoms with Crippen molar-refractivity contribution in [3.63, 3.8) is 0 Å². The van der Waals surface area contributed by atoms with Crippen LogP contribution in [0.1, 0.15) is 87.8 Å². The Kier molecular flexibility index (Phi) is 9.78. The summed E-state index contributed by atoms with van der Waals surface area (Å²) in [6.07, 6.45) is 15.4. The normalized spacial score (nSPS) is 18.5. The van der Waals surface area contributed by atoms with Crippen LogP contribution in [-0.2, 0) is 6.42 Å². The lowest BCUT2D eigenvalue weighted by molar-refractivity contribution is 0.309. The molecule has 0 unspecified atom stereocenters. The maximum Gasteiger partial charge on any atom is 0.119 e. The maximum atomic E-state index is 5.79. The Labute approximate surface area is 189 Å². The maximum absolute atomic E-state index is 5.79. The zero-order valence-electron chi connectivity index (χ0n) is 19.4. The number of hydrogen-bond donors (Lipinski definition) is 0. The van der Waals surface area contributed by atoms with E-state index in [2.05, 4.69) is 86.4 Å². The first-order valence-electron chi connectivity index (χ1n) is 12.3. The number of allylic oxidation sites excluding steroid dienone is 2. The van der Waals surface area contributed by atoms with Crippen molar-refractivity contribution in [2.75, 3.05) is 6.61 Å². The molecule has 1 fully saturated rings. The van der Waals surface area contributed by atoms with Gasteiger partial charge in [0, 0.05) is 5.56 Å².